The van der Waals surface area contributed by atoms with Crippen LogP contribution in [0.4, 0.5) is 0 Å². The molecule has 0 aromatic carbocycles. The third kappa shape index (κ3) is 2.81. The van der Waals surface area contributed by atoms with E-state index in [0.29, 0.717) is 6.04 Å². The normalized spacial score (nSPS) is 14.4. The number of hydrogen-bond donors (Lipinski definition) is 1. The third-order valence-corrected chi connectivity index (χ3v) is 4.36. The lowest BCUT2D eigenvalue weighted by atomic mass is 9.81. The van der Waals surface area contributed by atoms with Gasteiger partial charge >= 0.3 is 0 Å². The zero-order chi connectivity index (χ0) is 10.8. The Balaban J connectivity index is 2.80. The summed E-state index contributed by atoms with van der Waals surface area (Å²) in [6.45, 7) is 6.82. The van der Waals surface area contributed by atoms with Gasteiger partial charge in [-0.25, -0.2) is 0 Å². The minimum absolute atomic E-state index is 0.237. The van der Waals surface area contributed by atoms with Gasteiger partial charge < -0.3 is 5.32 Å². The van der Waals surface area contributed by atoms with Crippen LogP contribution in [0, 0.1) is 0 Å². The highest BCUT2D eigenvalue weighted by Crippen LogP contribution is 2.36. The second kappa shape index (κ2) is 4.77. The first-order valence-electron chi connectivity index (χ1n) is 4.87. The SMILES string of the molecule is CNC(C)CC(C)(C)c1cscc1Br. The Bertz CT molecular complexity index is 293. The highest BCUT2D eigenvalue weighted by atomic mass is 79.9. The Morgan fingerprint density at radius 1 is 1.50 bits per heavy atom. The van der Waals surface area contributed by atoms with Gasteiger partial charge in [0.05, 0.1) is 0 Å². The van der Waals surface area contributed by atoms with E-state index in [9.17, 15) is 0 Å². The molecule has 0 spiro atoms. The summed E-state index contributed by atoms with van der Waals surface area (Å²) in [4.78, 5) is 0. The van der Waals surface area contributed by atoms with Crippen molar-refractivity contribution in [1.29, 1.82) is 0 Å². The first-order chi connectivity index (χ1) is 6.47. The summed E-state index contributed by atoms with van der Waals surface area (Å²) in [6.07, 6.45) is 1.15. The number of nitrogens with one attached hydrogen (secondary N) is 1. The molecule has 1 N–H and O–H groups in total. The largest absolute Gasteiger partial charge is 0.317 e. The van der Waals surface area contributed by atoms with Gasteiger partial charge in [0.25, 0.3) is 0 Å². The molecule has 0 aliphatic rings. The van der Waals surface area contributed by atoms with E-state index in [2.05, 4.69) is 52.8 Å². The van der Waals surface area contributed by atoms with Crippen molar-refractivity contribution in [3.8, 4) is 0 Å². The van der Waals surface area contributed by atoms with Crippen molar-refractivity contribution < 1.29 is 0 Å². The van der Waals surface area contributed by atoms with Crippen LogP contribution >= 0.6 is 27.3 Å². The second-order valence-corrected chi connectivity index (χ2v) is 6.01. The summed E-state index contributed by atoms with van der Waals surface area (Å²) in [5.74, 6) is 0. The van der Waals surface area contributed by atoms with E-state index in [1.807, 2.05) is 7.05 Å². The Kier molecular flexibility index (Phi) is 4.16. The maximum absolute atomic E-state index is 3.60. The summed E-state index contributed by atoms with van der Waals surface area (Å²) >= 11 is 5.36. The molecule has 1 nitrogen and oxygen atoms in total. The van der Waals surface area contributed by atoms with Gasteiger partial charge in [-0.15, -0.1) is 0 Å². The molecule has 3 heteroatoms. The molecule has 1 rings (SSSR count). The zero-order valence-corrected chi connectivity index (χ0v) is 11.6. The summed E-state index contributed by atoms with van der Waals surface area (Å²) in [5.41, 5.74) is 1.66. The molecule has 1 aromatic rings. The molecule has 1 atom stereocenters. The second-order valence-electron chi connectivity index (χ2n) is 4.41. The fourth-order valence-corrected chi connectivity index (χ4v) is 3.76. The van der Waals surface area contributed by atoms with Crippen LogP contribution in [0.1, 0.15) is 32.8 Å². The van der Waals surface area contributed by atoms with Gasteiger partial charge in [0.1, 0.15) is 0 Å². The Morgan fingerprint density at radius 2 is 2.14 bits per heavy atom. The minimum Gasteiger partial charge on any atom is -0.317 e. The Morgan fingerprint density at radius 3 is 2.57 bits per heavy atom. The molecule has 0 fully saturated rings. The van der Waals surface area contributed by atoms with Gasteiger partial charge in [-0.2, -0.15) is 11.3 Å². The minimum atomic E-state index is 0.237. The molecule has 1 aromatic heterocycles. The van der Waals surface area contributed by atoms with E-state index in [-0.39, 0.29) is 5.41 Å². The van der Waals surface area contributed by atoms with Crippen molar-refractivity contribution in [2.45, 2.75) is 38.6 Å². The lowest BCUT2D eigenvalue weighted by Crippen LogP contribution is -2.30. The van der Waals surface area contributed by atoms with Crippen molar-refractivity contribution in [3.05, 3.63) is 20.8 Å². The first kappa shape index (κ1) is 12.2. The van der Waals surface area contributed by atoms with E-state index >= 15 is 0 Å². The molecule has 0 amide bonds. The molecule has 1 unspecified atom stereocenters. The monoisotopic (exact) mass is 275 g/mol. The molecule has 1 heterocycles. The predicted octanol–water partition coefficient (Wildman–Crippen LogP) is 3.79. The molecule has 0 radical (unpaired) electrons. The lowest BCUT2D eigenvalue weighted by Gasteiger charge is -2.28. The van der Waals surface area contributed by atoms with Crippen LogP contribution in [0.3, 0.4) is 0 Å². The summed E-state index contributed by atoms with van der Waals surface area (Å²) in [5, 5.41) is 7.69. The van der Waals surface area contributed by atoms with E-state index in [1.54, 1.807) is 11.3 Å². The number of thiophene rings is 1. The molecule has 80 valence electrons. The topological polar surface area (TPSA) is 12.0 Å². The van der Waals surface area contributed by atoms with Crippen LogP contribution in [0.5, 0.6) is 0 Å². The molecular formula is C11H18BrNS. The third-order valence-electron chi connectivity index (χ3n) is 2.65. The van der Waals surface area contributed by atoms with Crippen LogP contribution in [-0.4, -0.2) is 13.1 Å². The number of hydrogen-bond acceptors (Lipinski definition) is 2. The average molecular weight is 276 g/mol. The van der Waals surface area contributed by atoms with E-state index in [1.165, 1.54) is 10.0 Å². The van der Waals surface area contributed by atoms with Gasteiger partial charge in [0.2, 0.25) is 0 Å². The standard InChI is InChI=1S/C11H18BrNS/c1-8(13-4)5-11(2,3)9-6-14-7-10(9)12/h6-8,13H,5H2,1-4H3. The van der Waals surface area contributed by atoms with Gasteiger partial charge in [0, 0.05) is 15.9 Å². The van der Waals surface area contributed by atoms with Crippen LogP contribution in [0.25, 0.3) is 0 Å². The van der Waals surface area contributed by atoms with Gasteiger partial charge in [-0.05, 0) is 52.7 Å². The van der Waals surface area contributed by atoms with E-state index in [4.69, 9.17) is 0 Å². The maximum Gasteiger partial charge on any atom is 0.0319 e. The van der Waals surface area contributed by atoms with Gasteiger partial charge in [-0.1, -0.05) is 13.8 Å². The van der Waals surface area contributed by atoms with Crippen molar-refractivity contribution in [2.24, 2.45) is 0 Å². The predicted molar refractivity (Wildman–Crippen MR) is 68.2 cm³/mol. The van der Waals surface area contributed by atoms with Crippen molar-refractivity contribution in [3.63, 3.8) is 0 Å². The van der Waals surface area contributed by atoms with Crippen LogP contribution in [0.2, 0.25) is 0 Å². The highest BCUT2D eigenvalue weighted by molar-refractivity contribution is 9.10. The molecule has 0 bridgehead atoms. The molecular weight excluding hydrogens is 258 g/mol. The highest BCUT2D eigenvalue weighted by Gasteiger charge is 2.25. The van der Waals surface area contributed by atoms with Crippen LogP contribution < -0.4 is 5.32 Å². The summed E-state index contributed by atoms with van der Waals surface area (Å²) in [7, 11) is 2.02. The van der Waals surface area contributed by atoms with Gasteiger partial charge in [0.15, 0.2) is 0 Å². The average Bonchev–Trinajstić information content (AvgIpc) is 2.51. The Hall–Kier alpha value is 0.140. The first-order valence-corrected chi connectivity index (χ1v) is 6.60. The fraction of sp³-hybridized carbons (Fsp3) is 0.636. The molecule has 0 aliphatic carbocycles. The quantitative estimate of drug-likeness (QED) is 0.882. The van der Waals surface area contributed by atoms with Gasteiger partial charge in [-0.3, -0.25) is 0 Å². The summed E-state index contributed by atoms with van der Waals surface area (Å²) in [6, 6.07) is 0.553. The Labute approximate surface area is 99.0 Å². The number of halogens is 1. The van der Waals surface area contributed by atoms with E-state index < -0.39 is 0 Å². The molecule has 0 saturated carbocycles. The molecule has 0 saturated heterocycles. The molecule has 0 aliphatic heterocycles. The lowest BCUT2D eigenvalue weighted by molar-refractivity contribution is 0.405. The fourth-order valence-electron chi connectivity index (χ4n) is 1.74. The van der Waals surface area contributed by atoms with Crippen molar-refractivity contribution >= 4 is 27.3 Å². The van der Waals surface area contributed by atoms with E-state index in [0.717, 1.165) is 6.42 Å². The zero-order valence-electron chi connectivity index (χ0n) is 9.23. The van der Waals surface area contributed by atoms with Crippen molar-refractivity contribution in [2.75, 3.05) is 7.05 Å². The summed E-state index contributed by atoms with van der Waals surface area (Å²) < 4.78 is 1.25. The maximum atomic E-state index is 3.60. The number of rotatable bonds is 4. The smallest absolute Gasteiger partial charge is 0.0319 e. The van der Waals surface area contributed by atoms with Crippen LogP contribution in [-0.2, 0) is 5.41 Å². The molecule has 14 heavy (non-hydrogen) atoms. The van der Waals surface area contributed by atoms with Crippen LogP contribution in [0.15, 0.2) is 15.2 Å². The van der Waals surface area contributed by atoms with Crippen molar-refractivity contribution in [1.82, 2.24) is 5.32 Å².